The molecule has 1 N–H and O–H groups in total. The van der Waals surface area contributed by atoms with E-state index in [0.717, 1.165) is 5.69 Å². The first-order valence-corrected chi connectivity index (χ1v) is 5.88. The summed E-state index contributed by atoms with van der Waals surface area (Å²) in [6.45, 7) is 5.88. The predicted molar refractivity (Wildman–Crippen MR) is 70.8 cm³/mol. The Labute approximate surface area is 107 Å². The highest BCUT2D eigenvalue weighted by molar-refractivity contribution is 5.95. The maximum atomic E-state index is 12.0. The number of amides is 1. The normalized spacial score (nSPS) is 11.3. The highest BCUT2D eigenvalue weighted by atomic mass is 16.1. The van der Waals surface area contributed by atoms with Gasteiger partial charge in [-0.05, 0) is 45.0 Å². The zero-order chi connectivity index (χ0) is 13.2. The van der Waals surface area contributed by atoms with E-state index in [-0.39, 0.29) is 11.4 Å². The van der Waals surface area contributed by atoms with E-state index in [9.17, 15) is 4.79 Å². The average Bonchev–Trinajstić information content (AvgIpc) is 2.80. The zero-order valence-electron chi connectivity index (χ0n) is 10.8. The highest BCUT2D eigenvalue weighted by Crippen LogP contribution is 2.11. The van der Waals surface area contributed by atoms with Crippen LogP contribution in [0, 0.1) is 0 Å². The Morgan fingerprint density at radius 2 is 2.06 bits per heavy atom. The van der Waals surface area contributed by atoms with Crippen molar-refractivity contribution in [3.63, 3.8) is 0 Å². The smallest absolute Gasteiger partial charge is 0.251 e. The Bertz CT molecular complexity index is 538. The molecule has 4 heteroatoms. The van der Waals surface area contributed by atoms with Gasteiger partial charge in [0.15, 0.2) is 0 Å². The summed E-state index contributed by atoms with van der Waals surface area (Å²) in [6, 6.07) is 9.25. The summed E-state index contributed by atoms with van der Waals surface area (Å²) in [4.78, 5) is 12.0. The second kappa shape index (κ2) is 4.64. The van der Waals surface area contributed by atoms with Crippen LogP contribution in [0.3, 0.4) is 0 Å². The summed E-state index contributed by atoms with van der Waals surface area (Å²) in [5.41, 5.74) is 1.28. The summed E-state index contributed by atoms with van der Waals surface area (Å²) in [5.74, 6) is -0.0727. The van der Waals surface area contributed by atoms with Crippen LogP contribution >= 0.6 is 0 Å². The summed E-state index contributed by atoms with van der Waals surface area (Å²) >= 11 is 0. The molecule has 1 heterocycles. The van der Waals surface area contributed by atoms with E-state index in [1.165, 1.54) is 0 Å². The van der Waals surface area contributed by atoms with Gasteiger partial charge in [-0.3, -0.25) is 4.79 Å². The number of nitrogens with one attached hydrogen (secondary N) is 1. The number of benzene rings is 1. The number of aromatic nitrogens is 2. The van der Waals surface area contributed by atoms with Crippen molar-refractivity contribution in [3.05, 3.63) is 48.3 Å². The van der Waals surface area contributed by atoms with Gasteiger partial charge in [0.25, 0.3) is 5.91 Å². The summed E-state index contributed by atoms with van der Waals surface area (Å²) in [5, 5.41) is 7.09. The van der Waals surface area contributed by atoms with Crippen LogP contribution in [0.4, 0.5) is 0 Å². The van der Waals surface area contributed by atoms with Crippen LogP contribution in [0.2, 0.25) is 0 Å². The number of hydrogen-bond acceptors (Lipinski definition) is 2. The fraction of sp³-hybridized carbons (Fsp3) is 0.286. The zero-order valence-corrected chi connectivity index (χ0v) is 10.8. The van der Waals surface area contributed by atoms with E-state index in [1.807, 2.05) is 51.2 Å². The SMILES string of the molecule is CC(C)(C)NC(=O)c1cccc(-n2cccn2)c1. The van der Waals surface area contributed by atoms with Crippen LogP contribution in [0.1, 0.15) is 31.1 Å². The lowest BCUT2D eigenvalue weighted by Crippen LogP contribution is -2.40. The number of rotatable bonds is 2. The van der Waals surface area contributed by atoms with E-state index in [0.29, 0.717) is 5.56 Å². The third-order valence-electron chi connectivity index (χ3n) is 2.37. The number of nitrogens with zero attached hydrogens (tertiary/aromatic N) is 2. The molecule has 1 amide bonds. The first-order chi connectivity index (χ1) is 8.46. The van der Waals surface area contributed by atoms with E-state index in [2.05, 4.69) is 10.4 Å². The Kier molecular flexibility index (Phi) is 3.19. The van der Waals surface area contributed by atoms with Crippen LogP contribution < -0.4 is 5.32 Å². The molecule has 0 aliphatic heterocycles. The maximum Gasteiger partial charge on any atom is 0.251 e. The number of hydrogen-bond donors (Lipinski definition) is 1. The molecule has 0 bridgehead atoms. The monoisotopic (exact) mass is 243 g/mol. The lowest BCUT2D eigenvalue weighted by Gasteiger charge is -2.20. The van der Waals surface area contributed by atoms with Crippen molar-refractivity contribution in [3.8, 4) is 5.69 Å². The van der Waals surface area contributed by atoms with Crippen molar-refractivity contribution in [2.24, 2.45) is 0 Å². The predicted octanol–water partition coefficient (Wildman–Crippen LogP) is 2.40. The Balaban J connectivity index is 2.25. The minimum Gasteiger partial charge on any atom is -0.347 e. The molecule has 18 heavy (non-hydrogen) atoms. The molecule has 2 aromatic rings. The standard InChI is InChI=1S/C14H17N3O/c1-14(2,3)16-13(18)11-6-4-7-12(10-11)17-9-5-8-15-17/h4-10H,1-3H3,(H,16,18). The van der Waals surface area contributed by atoms with E-state index in [1.54, 1.807) is 16.9 Å². The van der Waals surface area contributed by atoms with E-state index >= 15 is 0 Å². The van der Waals surface area contributed by atoms with E-state index < -0.39 is 0 Å². The minimum atomic E-state index is -0.237. The highest BCUT2D eigenvalue weighted by Gasteiger charge is 2.15. The van der Waals surface area contributed by atoms with Gasteiger partial charge in [-0.25, -0.2) is 4.68 Å². The molecule has 0 aliphatic rings. The quantitative estimate of drug-likeness (QED) is 0.880. The second-order valence-electron chi connectivity index (χ2n) is 5.21. The third-order valence-corrected chi connectivity index (χ3v) is 2.37. The van der Waals surface area contributed by atoms with Crippen LogP contribution in [0.15, 0.2) is 42.7 Å². The molecule has 4 nitrogen and oxygen atoms in total. The second-order valence-corrected chi connectivity index (χ2v) is 5.21. The van der Waals surface area contributed by atoms with Crippen LogP contribution in [0.25, 0.3) is 5.69 Å². The van der Waals surface area contributed by atoms with Crippen LogP contribution in [0.5, 0.6) is 0 Å². The molecule has 0 saturated carbocycles. The molecule has 94 valence electrons. The van der Waals surface area contributed by atoms with Crippen molar-refractivity contribution in [1.29, 1.82) is 0 Å². The fourth-order valence-electron chi connectivity index (χ4n) is 1.62. The maximum absolute atomic E-state index is 12.0. The van der Waals surface area contributed by atoms with Crippen molar-refractivity contribution in [2.45, 2.75) is 26.3 Å². The largest absolute Gasteiger partial charge is 0.347 e. The Hall–Kier alpha value is -2.10. The summed E-state index contributed by atoms with van der Waals surface area (Å²) in [6.07, 6.45) is 3.56. The van der Waals surface area contributed by atoms with E-state index in [4.69, 9.17) is 0 Å². The molecule has 0 radical (unpaired) electrons. The Morgan fingerprint density at radius 3 is 2.67 bits per heavy atom. The first kappa shape index (κ1) is 12.4. The lowest BCUT2D eigenvalue weighted by molar-refractivity contribution is 0.0919. The van der Waals surface area contributed by atoms with Gasteiger partial charge in [-0.2, -0.15) is 5.10 Å². The van der Waals surface area contributed by atoms with Gasteiger partial charge in [0, 0.05) is 23.5 Å². The van der Waals surface area contributed by atoms with Gasteiger partial charge in [-0.1, -0.05) is 6.07 Å². The molecule has 0 saturated heterocycles. The average molecular weight is 243 g/mol. The van der Waals surface area contributed by atoms with Gasteiger partial charge in [-0.15, -0.1) is 0 Å². The third kappa shape index (κ3) is 2.97. The summed E-state index contributed by atoms with van der Waals surface area (Å²) in [7, 11) is 0. The van der Waals surface area contributed by atoms with Gasteiger partial charge in [0.05, 0.1) is 5.69 Å². The number of carbonyl (C=O) groups excluding carboxylic acids is 1. The Morgan fingerprint density at radius 1 is 1.28 bits per heavy atom. The van der Waals surface area contributed by atoms with Gasteiger partial charge >= 0.3 is 0 Å². The van der Waals surface area contributed by atoms with Gasteiger partial charge < -0.3 is 5.32 Å². The van der Waals surface area contributed by atoms with Crippen LogP contribution in [-0.2, 0) is 0 Å². The molecule has 1 aromatic carbocycles. The molecule has 0 spiro atoms. The number of carbonyl (C=O) groups is 1. The molecule has 0 atom stereocenters. The van der Waals surface area contributed by atoms with Crippen molar-refractivity contribution in [1.82, 2.24) is 15.1 Å². The lowest BCUT2D eigenvalue weighted by atomic mass is 10.1. The first-order valence-electron chi connectivity index (χ1n) is 5.88. The van der Waals surface area contributed by atoms with Gasteiger partial charge in [0.2, 0.25) is 0 Å². The molecule has 0 fully saturated rings. The molecule has 0 unspecified atom stereocenters. The minimum absolute atomic E-state index is 0.0727. The van der Waals surface area contributed by atoms with Crippen molar-refractivity contribution >= 4 is 5.91 Å². The van der Waals surface area contributed by atoms with Crippen molar-refractivity contribution in [2.75, 3.05) is 0 Å². The fourth-order valence-corrected chi connectivity index (χ4v) is 1.62. The molecular formula is C14H17N3O. The van der Waals surface area contributed by atoms with Gasteiger partial charge in [0.1, 0.15) is 0 Å². The van der Waals surface area contributed by atoms with Crippen molar-refractivity contribution < 1.29 is 4.79 Å². The summed E-state index contributed by atoms with van der Waals surface area (Å²) < 4.78 is 1.73. The molecule has 0 aliphatic carbocycles. The molecular weight excluding hydrogens is 226 g/mol. The van der Waals surface area contributed by atoms with Crippen LogP contribution in [-0.4, -0.2) is 21.2 Å². The molecule has 1 aromatic heterocycles. The molecule has 2 rings (SSSR count). The topological polar surface area (TPSA) is 46.9 Å².